The Kier molecular flexibility index (Phi) is 2.91. The van der Waals surface area contributed by atoms with E-state index in [0.717, 1.165) is 5.56 Å². The van der Waals surface area contributed by atoms with Crippen LogP contribution in [0, 0.1) is 5.82 Å². The summed E-state index contributed by atoms with van der Waals surface area (Å²) in [6, 6.07) is 4.56. The van der Waals surface area contributed by atoms with E-state index in [9.17, 15) is 4.39 Å². The highest BCUT2D eigenvalue weighted by Gasteiger charge is 2.10. The van der Waals surface area contributed by atoms with Crippen molar-refractivity contribution in [2.45, 2.75) is 6.54 Å². The van der Waals surface area contributed by atoms with Crippen LogP contribution in [0.5, 0.6) is 0 Å². The van der Waals surface area contributed by atoms with E-state index in [1.54, 1.807) is 13.1 Å². The van der Waals surface area contributed by atoms with Crippen LogP contribution in [0.4, 0.5) is 4.39 Å². The summed E-state index contributed by atoms with van der Waals surface area (Å²) in [5.41, 5.74) is 1.61. The van der Waals surface area contributed by atoms with E-state index in [1.165, 1.54) is 16.9 Å². The van der Waals surface area contributed by atoms with Gasteiger partial charge in [-0.25, -0.2) is 4.39 Å². The Morgan fingerprint density at radius 2 is 2.25 bits per heavy atom. The van der Waals surface area contributed by atoms with Crippen LogP contribution in [0.15, 0.2) is 18.2 Å². The number of hydrogen-bond acceptors (Lipinski definition) is 4. The SMILES string of the molecule is CNCc1ccc(F)cc1-c1nnn(C)n1. The molecule has 0 aliphatic carbocycles. The van der Waals surface area contributed by atoms with Gasteiger partial charge < -0.3 is 5.32 Å². The number of rotatable bonds is 3. The van der Waals surface area contributed by atoms with E-state index in [0.29, 0.717) is 17.9 Å². The van der Waals surface area contributed by atoms with Gasteiger partial charge in [-0.3, -0.25) is 0 Å². The minimum atomic E-state index is -0.303. The number of nitrogens with zero attached hydrogens (tertiary/aromatic N) is 4. The monoisotopic (exact) mass is 221 g/mol. The Labute approximate surface area is 92.3 Å². The Morgan fingerprint density at radius 1 is 1.44 bits per heavy atom. The number of benzene rings is 1. The van der Waals surface area contributed by atoms with Crippen LogP contribution >= 0.6 is 0 Å². The standard InChI is InChI=1S/C10H12FN5/c1-12-6-7-3-4-8(11)5-9(7)10-13-15-16(2)14-10/h3-5,12H,6H2,1-2H3. The molecule has 1 aromatic carbocycles. The fourth-order valence-corrected chi connectivity index (χ4v) is 1.49. The lowest BCUT2D eigenvalue weighted by atomic mass is 10.1. The molecule has 0 amide bonds. The van der Waals surface area contributed by atoms with Crippen LogP contribution < -0.4 is 5.32 Å². The zero-order chi connectivity index (χ0) is 11.5. The van der Waals surface area contributed by atoms with Crippen LogP contribution in [0.3, 0.4) is 0 Å². The first-order valence-electron chi connectivity index (χ1n) is 4.88. The lowest BCUT2D eigenvalue weighted by molar-refractivity contribution is 0.625. The summed E-state index contributed by atoms with van der Waals surface area (Å²) in [5.74, 6) is 0.134. The minimum absolute atomic E-state index is 0.303. The van der Waals surface area contributed by atoms with Crippen LogP contribution in [0.2, 0.25) is 0 Å². The average molecular weight is 221 g/mol. The molecule has 0 saturated heterocycles. The second-order valence-electron chi connectivity index (χ2n) is 3.43. The predicted octanol–water partition coefficient (Wildman–Crippen LogP) is 0.736. The molecule has 0 fully saturated rings. The third-order valence-electron chi connectivity index (χ3n) is 2.19. The maximum absolute atomic E-state index is 13.2. The number of halogens is 1. The van der Waals surface area contributed by atoms with E-state index >= 15 is 0 Å². The van der Waals surface area contributed by atoms with Crippen molar-refractivity contribution in [3.63, 3.8) is 0 Å². The summed E-state index contributed by atoms with van der Waals surface area (Å²) in [6.45, 7) is 0.633. The molecular weight excluding hydrogens is 209 g/mol. The van der Waals surface area contributed by atoms with Crippen molar-refractivity contribution in [2.24, 2.45) is 7.05 Å². The van der Waals surface area contributed by atoms with Crippen molar-refractivity contribution in [1.29, 1.82) is 0 Å². The van der Waals surface area contributed by atoms with Gasteiger partial charge in [-0.1, -0.05) is 6.07 Å². The number of aryl methyl sites for hydroxylation is 1. The summed E-state index contributed by atoms with van der Waals surface area (Å²) in [7, 11) is 3.50. The zero-order valence-corrected chi connectivity index (χ0v) is 9.11. The maximum Gasteiger partial charge on any atom is 0.205 e. The molecule has 0 saturated carbocycles. The van der Waals surface area contributed by atoms with Gasteiger partial charge in [0.25, 0.3) is 0 Å². The maximum atomic E-state index is 13.2. The molecule has 1 N–H and O–H groups in total. The highest BCUT2D eigenvalue weighted by molar-refractivity contribution is 5.59. The highest BCUT2D eigenvalue weighted by atomic mass is 19.1. The van der Waals surface area contributed by atoms with Crippen molar-refractivity contribution in [1.82, 2.24) is 25.5 Å². The molecule has 2 aromatic rings. The molecule has 5 nitrogen and oxygen atoms in total. The Hall–Kier alpha value is -1.82. The van der Waals surface area contributed by atoms with Gasteiger partial charge in [0.2, 0.25) is 5.82 Å². The molecule has 0 atom stereocenters. The molecule has 84 valence electrons. The highest BCUT2D eigenvalue weighted by Crippen LogP contribution is 2.20. The van der Waals surface area contributed by atoms with E-state index < -0.39 is 0 Å². The molecule has 0 radical (unpaired) electrons. The van der Waals surface area contributed by atoms with Crippen molar-refractivity contribution >= 4 is 0 Å². The van der Waals surface area contributed by atoms with Gasteiger partial charge in [0, 0.05) is 12.1 Å². The summed E-state index contributed by atoms with van der Waals surface area (Å²) in [4.78, 5) is 1.35. The van der Waals surface area contributed by atoms with Crippen LogP contribution in [0.1, 0.15) is 5.56 Å². The largest absolute Gasteiger partial charge is 0.316 e. The molecule has 1 heterocycles. The second-order valence-corrected chi connectivity index (χ2v) is 3.43. The van der Waals surface area contributed by atoms with E-state index in [4.69, 9.17) is 0 Å². The van der Waals surface area contributed by atoms with Crippen LogP contribution in [-0.2, 0) is 13.6 Å². The molecule has 6 heteroatoms. The third kappa shape index (κ3) is 2.06. The number of aromatic nitrogens is 4. The molecule has 0 aliphatic rings. The summed E-state index contributed by atoms with van der Waals surface area (Å²) in [6.07, 6.45) is 0. The molecule has 0 aliphatic heterocycles. The Bertz CT molecular complexity index is 494. The van der Waals surface area contributed by atoms with E-state index in [2.05, 4.69) is 20.7 Å². The molecule has 0 bridgehead atoms. The second kappa shape index (κ2) is 4.36. The summed E-state index contributed by atoms with van der Waals surface area (Å²) >= 11 is 0. The first-order chi connectivity index (χ1) is 7.70. The number of tetrazole rings is 1. The smallest absolute Gasteiger partial charge is 0.205 e. The van der Waals surface area contributed by atoms with Crippen molar-refractivity contribution in [2.75, 3.05) is 7.05 Å². The van der Waals surface area contributed by atoms with Gasteiger partial charge in [-0.05, 0) is 30.0 Å². The Balaban J connectivity index is 2.48. The van der Waals surface area contributed by atoms with Gasteiger partial charge in [0.1, 0.15) is 5.82 Å². The van der Waals surface area contributed by atoms with E-state index in [-0.39, 0.29) is 5.82 Å². The van der Waals surface area contributed by atoms with E-state index in [1.807, 2.05) is 7.05 Å². The van der Waals surface area contributed by atoms with Gasteiger partial charge in [0.15, 0.2) is 0 Å². The fourth-order valence-electron chi connectivity index (χ4n) is 1.49. The normalized spacial score (nSPS) is 10.7. The molecule has 16 heavy (non-hydrogen) atoms. The van der Waals surface area contributed by atoms with Crippen LogP contribution in [0.25, 0.3) is 11.4 Å². The number of hydrogen-bond donors (Lipinski definition) is 1. The Morgan fingerprint density at radius 3 is 2.88 bits per heavy atom. The predicted molar refractivity (Wildman–Crippen MR) is 57.0 cm³/mol. The van der Waals surface area contributed by atoms with Gasteiger partial charge in [0.05, 0.1) is 7.05 Å². The zero-order valence-electron chi connectivity index (χ0n) is 9.11. The van der Waals surface area contributed by atoms with Crippen molar-refractivity contribution < 1.29 is 4.39 Å². The lowest BCUT2D eigenvalue weighted by Gasteiger charge is -2.05. The molecular formula is C10H12FN5. The quantitative estimate of drug-likeness (QED) is 0.830. The molecule has 2 rings (SSSR count). The molecule has 0 unspecified atom stereocenters. The van der Waals surface area contributed by atoms with Gasteiger partial charge in [-0.2, -0.15) is 4.80 Å². The van der Waals surface area contributed by atoms with Crippen LogP contribution in [-0.4, -0.2) is 27.3 Å². The number of nitrogens with one attached hydrogen (secondary N) is 1. The summed E-state index contributed by atoms with van der Waals surface area (Å²) in [5, 5.41) is 14.7. The minimum Gasteiger partial charge on any atom is -0.316 e. The molecule has 0 spiro atoms. The first kappa shape index (κ1) is 10.7. The van der Waals surface area contributed by atoms with Gasteiger partial charge >= 0.3 is 0 Å². The molecule has 1 aromatic heterocycles. The van der Waals surface area contributed by atoms with Crippen molar-refractivity contribution in [3.05, 3.63) is 29.6 Å². The van der Waals surface area contributed by atoms with Gasteiger partial charge in [-0.15, -0.1) is 10.2 Å². The average Bonchev–Trinajstić information content (AvgIpc) is 2.68. The lowest BCUT2D eigenvalue weighted by Crippen LogP contribution is -2.07. The fraction of sp³-hybridized carbons (Fsp3) is 0.300. The topological polar surface area (TPSA) is 55.6 Å². The summed E-state index contributed by atoms with van der Waals surface area (Å²) < 4.78 is 13.2. The third-order valence-corrected chi connectivity index (χ3v) is 2.19. The first-order valence-corrected chi connectivity index (χ1v) is 4.88. The van der Waals surface area contributed by atoms with Crippen molar-refractivity contribution in [3.8, 4) is 11.4 Å².